The molecule has 0 saturated heterocycles. The van der Waals surface area contributed by atoms with Crippen LogP contribution in [-0.2, 0) is 7.05 Å². The second-order valence-electron chi connectivity index (χ2n) is 6.50. The summed E-state index contributed by atoms with van der Waals surface area (Å²) in [5.41, 5.74) is 3.14. The highest BCUT2D eigenvalue weighted by Crippen LogP contribution is 2.30. The van der Waals surface area contributed by atoms with Crippen molar-refractivity contribution in [1.82, 2.24) is 14.8 Å². The molecule has 28 heavy (non-hydrogen) atoms. The molecule has 0 fully saturated rings. The van der Waals surface area contributed by atoms with Gasteiger partial charge in [-0.15, -0.1) is 0 Å². The Morgan fingerprint density at radius 2 is 1.96 bits per heavy atom. The standard InChI is InChI=1S/C20H19N5O2S/c1-11-8-9-15(26)12(2)17(11)22-19(27)16-10-21-20(28-16)23-18-13-6-4-5-7-14(13)25(3)24-18/h4-10,26H,1-3H3,(H,22,27)(H,21,23,24). The number of rotatable bonds is 4. The molecule has 0 aliphatic carbocycles. The topological polar surface area (TPSA) is 92.1 Å². The SMILES string of the molecule is Cc1ccc(O)c(C)c1NC(=O)c1cnc(Nc2nn(C)c3ccccc23)s1. The fraction of sp³-hybridized carbons (Fsp3) is 0.150. The van der Waals surface area contributed by atoms with Crippen LogP contribution in [0.5, 0.6) is 5.75 Å². The summed E-state index contributed by atoms with van der Waals surface area (Å²) in [4.78, 5) is 17.4. The Balaban J connectivity index is 1.56. The van der Waals surface area contributed by atoms with Crippen LogP contribution >= 0.6 is 11.3 Å². The third-order valence-electron chi connectivity index (χ3n) is 4.60. The van der Waals surface area contributed by atoms with Gasteiger partial charge in [-0.1, -0.05) is 29.5 Å². The van der Waals surface area contributed by atoms with Crippen LogP contribution in [0.1, 0.15) is 20.8 Å². The summed E-state index contributed by atoms with van der Waals surface area (Å²) >= 11 is 1.24. The molecule has 0 saturated carbocycles. The van der Waals surface area contributed by atoms with E-state index in [4.69, 9.17) is 0 Å². The van der Waals surface area contributed by atoms with Crippen molar-refractivity contribution in [3.63, 3.8) is 0 Å². The zero-order chi connectivity index (χ0) is 19.8. The highest BCUT2D eigenvalue weighted by Gasteiger charge is 2.16. The lowest BCUT2D eigenvalue weighted by atomic mass is 10.1. The van der Waals surface area contributed by atoms with Gasteiger partial charge in [-0.05, 0) is 37.6 Å². The number of hydrogen-bond acceptors (Lipinski definition) is 6. The quantitative estimate of drug-likeness (QED) is 0.479. The summed E-state index contributed by atoms with van der Waals surface area (Å²) < 4.78 is 1.80. The smallest absolute Gasteiger partial charge is 0.267 e. The lowest BCUT2D eigenvalue weighted by Gasteiger charge is -2.11. The van der Waals surface area contributed by atoms with E-state index in [1.165, 1.54) is 17.5 Å². The molecule has 0 aliphatic rings. The second-order valence-corrected chi connectivity index (χ2v) is 7.53. The minimum absolute atomic E-state index is 0.148. The number of carbonyl (C=O) groups is 1. The van der Waals surface area contributed by atoms with Gasteiger partial charge in [0, 0.05) is 18.0 Å². The maximum Gasteiger partial charge on any atom is 0.267 e. The number of aromatic hydroxyl groups is 1. The first-order valence-electron chi connectivity index (χ1n) is 8.69. The van der Waals surface area contributed by atoms with Crippen molar-refractivity contribution in [2.75, 3.05) is 10.6 Å². The van der Waals surface area contributed by atoms with Gasteiger partial charge in [0.2, 0.25) is 0 Å². The van der Waals surface area contributed by atoms with Crippen molar-refractivity contribution in [1.29, 1.82) is 0 Å². The average Bonchev–Trinajstić information content (AvgIpc) is 3.28. The van der Waals surface area contributed by atoms with Gasteiger partial charge in [0.25, 0.3) is 5.91 Å². The maximum absolute atomic E-state index is 12.6. The average molecular weight is 393 g/mol. The molecular weight excluding hydrogens is 374 g/mol. The maximum atomic E-state index is 12.6. The highest BCUT2D eigenvalue weighted by atomic mass is 32.1. The van der Waals surface area contributed by atoms with Crippen molar-refractivity contribution >= 4 is 44.8 Å². The van der Waals surface area contributed by atoms with Crippen molar-refractivity contribution in [3.05, 3.63) is 58.6 Å². The molecule has 1 amide bonds. The summed E-state index contributed by atoms with van der Waals surface area (Å²) in [7, 11) is 1.88. The van der Waals surface area contributed by atoms with Crippen LogP contribution in [0.15, 0.2) is 42.6 Å². The van der Waals surface area contributed by atoms with Gasteiger partial charge in [-0.25, -0.2) is 4.98 Å². The summed E-state index contributed by atoms with van der Waals surface area (Å²) in [6.07, 6.45) is 1.53. The molecule has 0 aliphatic heterocycles. The largest absolute Gasteiger partial charge is 0.508 e. The molecule has 0 bridgehead atoms. The molecule has 0 radical (unpaired) electrons. The molecule has 2 aromatic heterocycles. The fourth-order valence-corrected chi connectivity index (χ4v) is 3.76. The zero-order valence-electron chi connectivity index (χ0n) is 15.6. The zero-order valence-corrected chi connectivity index (χ0v) is 16.5. The van der Waals surface area contributed by atoms with E-state index in [9.17, 15) is 9.90 Å². The molecule has 8 heteroatoms. The molecule has 4 rings (SSSR count). The molecule has 2 heterocycles. The van der Waals surface area contributed by atoms with E-state index in [1.54, 1.807) is 23.7 Å². The first-order chi connectivity index (χ1) is 13.4. The molecule has 0 unspecified atom stereocenters. The lowest BCUT2D eigenvalue weighted by Crippen LogP contribution is -2.12. The molecule has 0 spiro atoms. The Morgan fingerprint density at radius 1 is 1.18 bits per heavy atom. The van der Waals surface area contributed by atoms with E-state index in [-0.39, 0.29) is 11.7 Å². The number of carbonyl (C=O) groups excluding carboxylic acids is 1. The molecule has 2 aromatic carbocycles. The first kappa shape index (κ1) is 18.0. The minimum atomic E-state index is -0.270. The van der Waals surface area contributed by atoms with Crippen molar-refractivity contribution in [2.45, 2.75) is 13.8 Å². The van der Waals surface area contributed by atoms with E-state index in [2.05, 4.69) is 20.7 Å². The van der Waals surface area contributed by atoms with Crippen molar-refractivity contribution < 1.29 is 9.90 Å². The highest BCUT2D eigenvalue weighted by molar-refractivity contribution is 7.17. The van der Waals surface area contributed by atoms with E-state index in [0.717, 1.165) is 16.5 Å². The van der Waals surface area contributed by atoms with Crippen LogP contribution in [0, 0.1) is 13.8 Å². The summed E-state index contributed by atoms with van der Waals surface area (Å²) in [5.74, 6) is 0.571. The Hall–Kier alpha value is -3.39. The van der Waals surface area contributed by atoms with Crippen LogP contribution in [0.25, 0.3) is 10.9 Å². The van der Waals surface area contributed by atoms with Gasteiger partial charge in [-0.2, -0.15) is 5.10 Å². The van der Waals surface area contributed by atoms with Crippen molar-refractivity contribution in [2.24, 2.45) is 7.05 Å². The number of anilines is 3. The summed E-state index contributed by atoms with van der Waals surface area (Å²) in [5, 5.41) is 22.0. The number of nitrogens with zero attached hydrogens (tertiary/aromatic N) is 3. The monoisotopic (exact) mass is 393 g/mol. The Bertz CT molecular complexity index is 1190. The molecular formula is C20H19N5O2S. The van der Waals surface area contributed by atoms with Crippen molar-refractivity contribution in [3.8, 4) is 5.75 Å². The number of aryl methyl sites for hydroxylation is 2. The normalized spacial score (nSPS) is 11.0. The van der Waals surface area contributed by atoms with Crippen LogP contribution in [0.2, 0.25) is 0 Å². The van der Waals surface area contributed by atoms with E-state index in [1.807, 2.05) is 38.2 Å². The van der Waals surface area contributed by atoms with Crippen LogP contribution < -0.4 is 10.6 Å². The predicted molar refractivity (Wildman–Crippen MR) is 112 cm³/mol. The summed E-state index contributed by atoms with van der Waals surface area (Å²) in [6.45, 7) is 3.65. The first-order valence-corrected chi connectivity index (χ1v) is 9.51. The summed E-state index contributed by atoms with van der Waals surface area (Å²) in [6, 6.07) is 11.3. The molecule has 142 valence electrons. The van der Waals surface area contributed by atoms with E-state index in [0.29, 0.717) is 27.1 Å². The van der Waals surface area contributed by atoms with Gasteiger partial charge >= 0.3 is 0 Å². The number of thiazole rings is 1. The predicted octanol–water partition coefficient (Wildman–Crippen LogP) is 4.35. The number of para-hydroxylation sites is 1. The minimum Gasteiger partial charge on any atom is -0.508 e. The molecule has 3 N–H and O–H groups in total. The number of fused-ring (bicyclic) bond motifs is 1. The van der Waals surface area contributed by atoms with Gasteiger partial charge in [0.1, 0.15) is 10.6 Å². The van der Waals surface area contributed by atoms with E-state index >= 15 is 0 Å². The van der Waals surface area contributed by atoms with Gasteiger partial charge in [0.15, 0.2) is 10.9 Å². The number of hydrogen-bond donors (Lipinski definition) is 3. The fourth-order valence-electron chi connectivity index (χ4n) is 3.05. The third-order valence-corrected chi connectivity index (χ3v) is 5.51. The van der Waals surface area contributed by atoms with Crippen LogP contribution in [0.3, 0.4) is 0 Å². The Kier molecular flexibility index (Phi) is 4.48. The molecule has 4 aromatic rings. The van der Waals surface area contributed by atoms with E-state index < -0.39 is 0 Å². The number of phenols is 1. The third kappa shape index (κ3) is 3.18. The second kappa shape index (κ2) is 6.97. The molecule has 0 atom stereocenters. The number of benzene rings is 2. The van der Waals surface area contributed by atoms with Crippen LogP contribution in [0.4, 0.5) is 16.6 Å². The Labute approximate surface area is 165 Å². The van der Waals surface area contributed by atoms with Gasteiger partial charge in [-0.3, -0.25) is 9.48 Å². The Morgan fingerprint density at radius 3 is 2.79 bits per heavy atom. The number of nitrogens with one attached hydrogen (secondary N) is 2. The molecule has 7 nitrogen and oxygen atoms in total. The number of amides is 1. The van der Waals surface area contributed by atoms with Gasteiger partial charge in [0.05, 0.1) is 17.4 Å². The number of phenolic OH excluding ortho intramolecular Hbond substituents is 1. The van der Waals surface area contributed by atoms with Gasteiger partial charge < -0.3 is 15.7 Å². The van der Waals surface area contributed by atoms with Crippen LogP contribution in [-0.4, -0.2) is 25.8 Å². The lowest BCUT2D eigenvalue weighted by molar-refractivity contribution is 0.103. The number of aromatic nitrogens is 3.